The van der Waals surface area contributed by atoms with Crippen LogP contribution in [0, 0.1) is 0 Å². The number of nitrogens with one attached hydrogen (secondary N) is 2. The van der Waals surface area contributed by atoms with Crippen molar-refractivity contribution in [1.29, 1.82) is 0 Å². The fraction of sp³-hybridized carbons (Fsp3) is 0.818. The van der Waals surface area contributed by atoms with Crippen LogP contribution in [0.1, 0.15) is 6.42 Å². The van der Waals surface area contributed by atoms with Crippen molar-refractivity contribution in [3.8, 4) is 0 Å². The third kappa shape index (κ3) is 2.95. The van der Waals surface area contributed by atoms with Crippen molar-refractivity contribution < 1.29 is 9.59 Å². The Morgan fingerprint density at radius 3 is 2.65 bits per heavy atom. The first-order chi connectivity index (χ1) is 8.18. The minimum Gasteiger partial charge on any atom is -0.353 e. The van der Waals surface area contributed by atoms with E-state index in [4.69, 9.17) is 0 Å². The molecule has 2 N–H and O–H groups in total. The minimum absolute atomic E-state index is 0.0257. The highest BCUT2D eigenvalue weighted by Gasteiger charge is 2.30. The van der Waals surface area contributed by atoms with Gasteiger partial charge in [-0.1, -0.05) is 0 Å². The fourth-order valence-corrected chi connectivity index (χ4v) is 2.29. The minimum atomic E-state index is -0.300. The summed E-state index contributed by atoms with van der Waals surface area (Å²) in [5.41, 5.74) is 0. The highest BCUT2D eigenvalue weighted by Crippen LogP contribution is 2.09. The molecule has 0 aromatic rings. The van der Waals surface area contributed by atoms with Gasteiger partial charge < -0.3 is 15.5 Å². The molecule has 2 aliphatic heterocycles. The molecule has 0 radical (unpaired) electrons. The summed E-state index contributed by atoms with van der Waals surface area (Å²) < 4.78 is 0. The SMILES string of the molecule is CN1CCNC(=O)C1CC(=O)N1CCNCC1. The van der Waals surface area contributed by atoms with Gasteiger partial charge >= 0.3 is 0 Å². The molecule has 2 fully saturated rings. The summed E-state index contributed by atoms with van der Waals surface area (Å²) in [4.78, 5) is 27.5. The van der Waals surface area contributed by atoms with Crippen LogP contribution in [-0.4, -0.2) is 74.0 Å². The highest BCUT2D eigenvalue weighted by molar-refractivity contribution is 5.88. The zero-order chi connectivity index (χ0) is 12.3. The Labute approximate surface area is 101 Å². The second-order valence-electron chi connectivity index (χ2n) is 4.62. The van der Waals surface area contributed by atoms with E-state index in [-0.39, 0.29) is 17.9 Å². The maximum atomic E-state index is 12.0. The quantitative estimate of drug-likeness (QED) is 0.600. The van der Waals surface area contributed by atoms with E-state index < -0.39 is 0 Å². The second kappa shape index (κ2) is 5.46. The van der Waals surface area contributed by atoms with Crippen LogP contribution in [0.15, 0.2) is 0 Å². The Bertz CT molecular complexity index is 302. The lowest BCUT2D eigenvalue weighted by Gasteiger charge is -2.34. The Balaban J connectivity index is 1.89. The van der Waals surface area contributed by atoms with Crippen LogP contribution in [-0.2, 0) is 9.59 Å². The third-order valence-corrected chi connectivity index (χ3v) is 3.44. The van der Waals surface area contributed by atoms with E-state index in [0.717, 1.165) is 32.7 Å². The number of carbonyl (C=O) groups is 2. The van der Waals surface area contributed by atoms with Crippen LogP contribution in [0.25, 0.3) is 0 Å². The molecule has 17 heavy (non-hydrogen) atoms. The Hall–Kier alpha value is -1.14. The number of nitrogens with zero attached hydrogens (tertiary/aromatic N) is 2. The summed E-state index contributed by atoms with van der Waals surface area (Å²) >= 11 is 0. The molecule has 1 atom stereocenters. The lowest BCUT2D eigenvalue weighted by molar-refractivity contribution is -0.138. The van der Waals surface area contributed by atoms with E-state index in [1.807, 2.05) is 16.8 Å². The molecular weight excluding hydrogens is 220 g/mol. The molecule has 2 aliphatic rings. The molecule has 6 heteroatoms. The van der Waals surface area contributed by atoms with Crippen LogP contribution >= 0.6 is 0 Å². The lowest BCUT2D eigenvalue weighted by Crippen LogP contribution is -2.56. The largest absolute Gasteiger partial charge is 0.353 e. The third-order valence-electron chi connectivity index (χ3n) is 3.44. The topological polar surface area (TPSA) is 64.7 Å². The first-order valence-electron chi connectivity index (χ1n) is 6.15. The standard InChI is InChI=1S/C11H20N4O2/c1-14-5-4-13-11(17)9(14)8-10(16)15-6-2-12-3-7-15/h9,12H,2-8H2,1H3,(H,13,17). The maximum absolute atomic E-state index is 12.0. The van der Waals surface area contributed by atoms with Crippen molar-refractivity contribution in [3.63, 3.8) is 0 Å². The Morgan fingerprint density at radius 1 is 1.29 bits per heavy atom. The van der Waals surface area contributed by atoms with Crippen molar-refractivity contribution in [1.82, 2.24) is 20.4 Å². The molecule has 0 aromatic carbocycles. The van der Waals surface area contributed by atoms with Crippen molar-refractivity contribution in [2.24, 2.45) is 0 Å². The zero-order valence-electron chi connectivity index (χ0n) is 10.2. The van der Waals surface area contributed by atoms with Crippen molar-refractivity contribution in [3.05, 3.63) is 0 Å². The summed E-state index contributed by atoms with van der Waals surface area (Å²) in [6.45, 7) is 4.67. The molecule has 0 aliphatic carbocycles. The number of likely N-dealkylation sites (N-methyl/N-ethyl adjacent to an activating group) is 1. The average molecular weight is 240 g/mol. The van der Waals surface area contributed by atoms with E-state index in [1.165, 1.54) is 0 Å². The second-order valence-corrected chi connectivity index (χ2v) is 4.62. The van der Waals surface area contributed by atoms with Gasteiger partial charge in [-0.25, -0.2) is 0 Å². The van der Waals surface area contributed by atoms with Gasteiger partial charge in [0.1, 0.15) is 0 Å². The van der Waals surface area contributed by atoms with Gasteiger partial charge in [-0.2, -0.15) is 0 Å². The molecule has 0 aromatic heterocycles. The van der Waals surface area contributed by atoms with Crippen molar-refractivity contribution in [2.75, 3.05) is 46.3 Å². The van der Waals surface area contributed by atoms with Gasteiger partial charge in [0.05, 0.1) is 12.5 Å². The summed E-state index contributed by atoms with van der Waals surface area (Å²) in [7, 11) is 1.90. The summed E-state index contributed by atoms with van der Waals surface area (Å²) in [6.07, 6.45) is 0.294. The predicted molar refractivity (Wildman–Crippen MR) is 63.5 cm³/mol. The lowest BCUT2D eigenvalue weighted by atomic mass is 10.1. The molecule has 0 bridgehead atoms. The molecule has 2 rings (SSSR count). The van der Waals surface area contributed by atoms with Gasteiger partial charge in [0.25, 0.3) is 0 Å². The highest BCUT2D eigenvalue weighted by atomic mass is 16.2. The predicted octanol–water partition coefficient (Wildman–Crippen LogP) is -1.76. The van der Waals surface area contributed by atoms with Crippen LogP contribution in [0.2, 0.25) is 0 Å². The monoisotopic (exact) mass is 240 g/mol. The van der Waals surface area contributed by atoms with Crippen molar-refractivity contribution in [2.45, 2.75) is 12.5 Å². The van der Waals surface area contributed by atoms with Gasteiger partial charge in [-0.3, -0.25) is 14.5 Å². The van der Waals surface area contributed by atoms with Gasteiger partial charge in [-0.15, -0.1) is 0 Å². The molecule has 2 saturated heterocycles. The normalized spacial score (nSPS) is 26.8. The summed E-state index contributed by atoms with van der Waals surface area (Å²) in [5, 5.41) is 6.01. The van der Waals surface area contributed by atoms with Crippen LogP contribution in [0.4, 0.5) is 0 Å². The number of carbonyl (C=O) groups excluding carboxylic acids is 2. The number of amides is 2. The van der Waals surface area contributed by atoms with E-state index >= 15 is 0 Å². The van der Waals surface area contributed by atoms with Crippen LogP contribution in [0.5, 0.6) is 0 Å². The molecule has 1 unspecified atom stereocenters. The maximum Gasteiger partial charge on any atom is 0.237 e. The fourth-order valence-electron chi connectivity index (χ4n) is 2.29. The molecule has 6 nitrogen and oxygen atoms in total. The van der Waals surface area contributed by atoms with Gasteiger partial charge in [0.15, 0.2) is 0 Å². The smallest absolute Gasteiger partial charge is 0.237 e. The average Bonchev–Trinajstić information content (AvgIpc) is 2.35. The number of piperazine rings is 2. The molecule has 2 amide bonds. The molecule has 2 heterocycles. The summed E-state index contributed by atoms with van der Waals surface area (Å²) in [6, 6.07) is -0.300. The Morgan fingerprint density at radius 2 is 2.00 bits per heavy atom. The molecule has 0 spiro atoms. The van der Waals surface area contributed by atoms with Crippen LogP contribution < -0.4 is 10.6 Å². The first-order valence-corrected chi connectivity index (χ1v) is 6.15. The van der Waals surface area contributed by atoms with E-state index in [9.17, 15) is 9.59 Å². The molecule has 0 saturated carbocycles. The first kappa shape index (κ1) is 12.3. The zero-order valence-corrected chi connectivity index (χ0v) is 10.2. The number of rotatable bonds is 2. The van der Waals surface area contributed by atoms with E-state index in [1.54, 1.807) is 0 Å². The number of hydrogen-bond acceptors (Lipinski definition) is 4. The van der Waals surface area contributed by atoms with E-state index in [2.05, 4.69) is 10.6 Å². The number of hydrogen-bond donors (Lipinski definition) is 2. The van der Waals surface area contributed by atoms with E-state index in [0.29, 0.717) is 13.0 Å². The van der Waals surface area contributed by atoms with Crippen LogP contribution in [0.3, 0.4) is 0 Å². The Kier molecular flexibility index (Phi) is 3.96. The van der Waals surface area contributed by atoms with Gasteiger partial charge in [-0.05, 0) is 7.05 Å². The molecular formula is C11H20N4O2. The molecule has 96 valence electrons. The van der Waals surface area contributed by atoms with Crippen molar-refractivity contribution >= 4 is 11.8 Å². The van der Waals surface area contributed by atoms with Gasteiger partial charge in [0, 0.05) is 39.3 Å². The summed E-state index contributed by atoms with van der Waals surface area (Å²) in [5.74, 6) is 0.0580. The van der Waals surface area contributed by atoms with Gasteiger partial charge in [0.2, 0.25) is 11.8 Å².